The van der Waals surface area contributed by atoms with Gasteiger partial charge in [0.25, 0.3) is 0 Å². The Bertz CT molecular complexity index is 318. The molecule has 1 heterocycles. The Hall–Kier alpha value is -1.02. The minimum Gasteiger partial charge on any atom is -0.318 e. The Morgan fingerprint density at radius 1 is 1.38 bits per heavy atom. The number of hydrazine groups is 1. The van der Waals surface area contributed by atoms with Crippen LogP contribution in [0, 0.1) is 0 Å². The first-order chi connectivity index (χ1) is 6.16. The molecule has 0 amide bonds. The zero-order chi connectivity index (χ0) is 9.42. The molecule has 0 fully saturated rings. The standard InChI is InChI=1S/C11H16N2/c1-8(2)9-4-5-11-10(6-9)7-13(3)12-11/h4-6,8,12H,7H2,1-3H3. The quantitative estimate of drug-likeness (QED) is 0.707. The predicted molar refractivity (Wildman–Crippen MR) is 55.6 cm³/mol. The van der Waals surface area contributed by atoms with Crippen LogP contribution in [-0.4, -0.2) is 12.1 Å². The smallest absolute Gasteiger partial charge is 0.0536 e. The fraction of sp³-hybridized carbons (Fsp3) is 0.455. The number of anilines is 1. The zero-order valence-corrected chi connectivity index (χ0v) is 8.46. The van der Waals surface area contributed by atoms with Crippen LogP contribution >= 0.6 is 0 Å². The number of nitrogens with one attached hydrogen (secondary N) is 1. The molecule has 1 aromatic rings. The molecular formula is C11H16N2. The van der Waals surface area contributed by atoms with Gasteiger partial charge < -0.3 is 5.43 Å². The van der Waals surface area contributed by atoms with Crippen LogP contribution in [0.3, 0.4) is 0 Å². The second-order valence-electron chi connectivity index (χ2n) is 4.04. The van der Waals surface area contributed by atoms with Crippen LogP contribution in [0.15, 0.2) is 18.2 Å². The minimum atomic E-state index is 0.621. The summed E-state index contributed by atoms with van der Waals surface area (Å²) in [5, 5.41) is 2.11. The molecule has 1 aromatic carbocycles. The third-order valence-electron chi connectivity index (χ3n) is 2.51. The van der Waals surface area contributed by atoms with Crippen LogP contribution in [0.25, 0.3) is 0 Å². The van der Waals surface area contributed by atoms with Gasteiger partial charge in [0.15, 0.2) is 0 Å². The Balaban J connectivity index is 2.35. The summed E-state index contributed by atoms with van der Waals surface area (Å²) in [6.07, 6.45) is 0. The lowest BCUT2D eigenvalue weighted by Gasteiger charge is -2.07. The lowest BCUT2D eigenvalue weighted by atomic mass is 10.0. The summed E-state index contributed by atoms with van der Waals surface area (Å²) < 4.78 is 0. The molecule has 0 aromatic heterocycles. The summed E-state index contributed by atoms with van der Waals surface area (Å²) in [6, 6.07) is 6.68. The minimum absolute atomic E-state index is 0.621. The molecule has 1 aliphatic rings. The third-order valence-corrected chi connectivity index (χ3v) is 2.51. The molecule has 2 heteroatoms. The van der Waals surface area contributed by atoms with E-state index in [9.17, 15) is 0 Å². The van der Waals surface area contributed by atoms with Crippen LogP contribution < -0.4 is 5.43 Å². The molecule has 0 atom stereocenters. The Morgan fingerprint density at radius 2 is 2.15 bits per heavy atom. The van der Waals surface area contributed by atoms with Gasteiger partial charge in [-0.15, -0.1) is 0 Å². The van der Waals surface area contributed by atoms with Gasteiger partial charge in [0.2, 0.25) is 0 Å². The maximum atomic E-state index is 3.30. The lowest BCUT2D eigenvalue weighted by Crippen LogP contribution is -2.16. The molecular weight excluding hydrogens is 160 g/mol. The van der Waals surface area contributed by atoms with E-state index in [-0.39, 0.29) is 0 Å². The van der Waals surface area contributed by atoms with E-state index < -0.39 is 0 Å². The summed E-state index contributed by atoms with van der Waals surface area (Å²) in [4.78, 5) is 0. The van der Waals surface area contributed by atoms with E-state index >= 15 is 0 Å². The zero-order valence-electron chi connectivity index (χ0n) is 8.46. The van der Waals surface area contributed by atoms with Gasteiger partial charge in [-0.05, 0) is 23.1 Å². The van der Waals surface area contributed by atoms with Crippen LogP contribution in [0.2, 0.25) is 0 Å². The summed E-state index contributed by atoms with van der Waals surface area (Å²) in [5.41, 5.74) is 7.39. The highest BCUT2D eigenvalue weighted by molar-refractivity contribution is 5.55. The number of benzene rings is 1. The number of hydrogen-bond acceptors (Lipinski definition) is 2. The van der Waals surface area contributed by atoms with Gasteiger partial charge in [0.05, 0.1) is 5.69 Å². The van der Waals surface area contributed by atoms with Crippen molar-refractivity contribution in [3.8, 4) is 0 Å². The molecule has 0 bridgehead atoms. The van der Waals surface area contributed by atoms with Crippen molar-refractivity contribution >= 4 is 5.69 Å². The Labute approximate surface area is 79.5 Å². The predicted octanol–water partition coefficient (Wildman–Crippen LogP) is 2.58. The SMILES string of the molecule is CC(C)c1ccc2c(c1)CN(C)N2. The molecule has 0 radical (unpaired) electrons. The topological polar surface area (TPSA) is 15.3 Å². The molecule has 0 spiro atoms. The highest BCUT2D eigenvalue weighted by atomic mass is 15.5. The maximum absolute atomic E-state index is 3.30. The van der Waals surface area contributed by atoms with Crippen LogP contribution in [0.1, 0.15) is 30.9 Å². The van der Waals surface area contributed by atoms with E-state index in [2.05, 4.69) is 49.5 Å². The van der Waals surface area contributed by atoms with Crippen molar-refractivity contribution in [1.82, 2.24) is 5.01 Å². The van der Waals surface area contributed by atoms with E-state index in [0.717, 1.165) is 6.54 Å². The van der Waals surface area contributed by atoms with Crippen molar-refractivity contribution in [1.29, 1.82) is 0 Å². The van der Waals surface area contributed by atoms with Crippen molar-refractivity contribution in [2.75, 3.05) is 12.5 Å². The maximum Gasteiger partial charge on any atom is 0.0536 e. The van der Waals surface area contributed by atoms with Crippen molar-refractivity contribution in [3.05, 3.63) is 29.3 Å². The van der Waals surface area contributed by atoms with Gasteiger partial charge in [-0.1, -0.05) is 26.0 Å². The van der Waals surface area contributed by atoms with E-state index in [0.29, 0.717) is 5.92 Å². The molecule has 13 heavy (non-hydrogen) atoms. The van der Waals surface area contributed by atoms with Crippen molar-refractivity contribution in [2.24, 2.45) is 0 Å². The normalized spacial score (nSPS) is 16.0. The third kappa shape index (κ3) is 1.54. The van der Waals surface area contributed by atoms with Crippen LogP contribution in [-0.2, 0) is 6.54 Å². The second-order valence-corrected chi connectivity index (χ2v) is 4.04. The first-order valence-electron chi connectivity index (χ1n) is 4.77. The van der Waals surface area contributed by atoms with Gasteiger partial charge in [-0.2, -0.15) is 0 Å². The van der Waals surface area contributed by atoms with Gasteiger partial charge in [-0.25, -0.2) is 5.01 Å². The van der Waals surface area contributed by atoms with Gasteiger partial charge in [0, 0.05) is 13.6 Å². The summed E-state index contributed by atoms with van der Waals surface area (Å²) in [6.45, 7) is 5.47. The van der Waals surface area contributed by atoms with Gasteiger partial charge in [-0.3, -0.25) is 0 Å². The molecule has 0 unspecified atom stereocenters. The molecule has 1 aliphatic heterocycles. The first kappa shape index (κ1) is 8.57. The molecule has 0 aliphatic carbocycles. The number of rotatable bonds is 1. The fourth-order valence-corrected chi connectivity index (χ4v) is 1.71. The van der Waals surface area contributed by atoms with E-state index in [1.165, 1.54) is 16.8 Å². The fourth-order valence-electron chi connectivity index (χ4n) is 1.71. The second kappa shape index (κ2) is 3.04. The van der Waals surface area contributed by atoms with E-state index in [4.69, 9.17) is 0 Å². The summed E-state index contributed by atoms with van der Waals surface area (Å²) in [7, 11) is 2.06. The van der Waals surface area contributed by atoms with Crippen molar-refractivity contribution in [2.45, 2.75) is 26.3 Å². The van der Waals surface area contributed by atoms with E-state index in [1.807, 2.05) is 0 Å². The molecule has 2 rings (SSSR count). The molecule has 0 saturated carbocycles. The number of hydrogen-bond donors (Lipinski definition) is 1. The molecule has 2 nitrogen and oxygen atoms in total. The monoisotopic (exact) mass is 176 g/mol. The summed E-state index contributed by atoms with van der Waals surface area (Å²) >= 11 is 0. The van der Waals surface area contributed by atoms with E-state index in [1.54, 1.807) is 0 Å². The summed E-state index contributed by atoms with van der Waals surface area (Å²) in [5.74, 6) is 0.621. The van der Waals surface area contributed by atoms with Crippen molar-refractivity contribution < 1.29 is 0 Å². The van der Waals surface area contributed by atoms with Crippen LogP contribution in [0.5, 0.6) is 0 Å². The average molecular weight is 176 g/mol. The Kier molecular flexibility index (Phi) is 2.00. The molecule has 0 saturated heterocycles. The average Bonchev–Trinajstić information content (AvgIpc) is 2.42. The highest BCUT2D eigenvalue weighted by Crippen LogP contribution is 2.27. The first-order valence-corrected chi connectivity index (χ1v) is 4.77. The Morgan fingerprint density at radius 3 is 2.85 bits per heavy atom. The number of fused-ring (bicyclic) bond motifs is 1. The van der Waals surface area contributed by atoms with Crippen LogP contribution in [0.4, 0.5) is 5.69 Å². The largest absolute Gasteiger partial charge is 0.318 e. The number of nitrogens with zero attached hydrogens (tertiary/aromatic N) is 1. The lowest BCUT2D eigenvalue weighted by molar-refractivity contribution is 0.422. The highest BCUT2D eigenvalue weighted by Gasteiger charge is 2.14. The van der Waals surface area contributed by atoms with Crippen molar-refractivity contribution in [3.63, 3.8) is 0 Å². The van der Waals surface area contributed by atoms with Gasteiger partial charge >= 0.3 is 0 Å². The molecule has 1 N–H and O–H groups in total. The molecule has 70 valence electrons. The van der Waals surface area contributed by atoms with Gasteiger partial charge in [0.1, 0.15) is 0 Å².